The van der Waals surface area contributed by atoms with E-state index in [0.717, 1.165) is 30.2 Å². The maximum atomic E-state index is 6.16. The second-order valence-electron chi connectivity index (χ2n) is 5.24. The zero-order valence-corrected chi connectivity index (χ0v) is 13.7. The van der Waals surface area contributed by atoms with Gasteiger partial charge in [-0.25, -0.2) is 0 Å². The first-order valence-corrected chi connectivity index (χ1v) is 8.09. The van der Waals surface area contributed by atoms with E-state index in [1.807, 2.05) is 12.1 Å². The van der Waals surface area contributed by atoms with Crippen LogP contribution in [0.25, 0.3) is 0 Å². The van der Waals surface area contributed by atoms with Crippen molar-refractivity contribution in [1.29, 1.82) is 0 Å². The predicted molar refractivity (Wildman–Crippen MR) is 87.2 cm³/mol. The Morgan fingerprint density at radius 2 is 2.00 bits per heavy atom. The predicted octanol–water partition coefficient (Wildman–Crippen LogP) is 5.46. The molecule has 0 spiro atoms. The Morgan fingerprint density at radius 3 is 2.80 bits per heavy atom. The molecule has 20 heavy (non-hydrogen) atoms. The Balaban J connectivity index is 1.95. The Kier molecular flexibility index (Phi) is 4.04. The fraction of sp³-hybridized carbons (Fsp3) is 0.294. The lowest BCUT2D eigenvalue weighted by Crippen LogP contribution is -2.08. The Bertz CT molecular complexity index is 619. The average Bonchev–Trinajstić information content (AvgIpc) is 2.45. The molecule has 1 nitrogen and oxygen atoms in total. The van der Waals surface area contributed by atoms with Crippen molar-refractivity contribution in [3.05, 3.63) is 63.7 Å². The van der Waals surface area contributed by atoms with Gasteiger partial charge >= 0.3 is 0 Å². The van der Waals surface area contributed by atoms with E-state index in [0.29, 0.717) is 0 Å². The summed E-state index contributed by atoms with van der Waals surface area (Å²) in [6.45, 7) is 2.90. The first-order chi connectivity index (χ1) is 9.63. The van der Waals surface area contributed by atoms with Crippen LogP contribution in [-0.2, 0) is 6.42 Å². The van der Waals surface area contributed by atoms with Gasteiger partial charge in [-0.1, -0.05) is 45.7 Å². The van der Waals surface area contributed by atoms with Gasteiger partial charge < -0.3 is 4.74 Å². The average molecular weight is 352 g/mol. The van der Waals surface area contributed by atoms with Crippen LogP contribution in [0.15, 0.2) is 36.4 Å². The summed E-state index contributed by atoms with van der Waals surface area (Å²) < 4.78 is 5.67. The highest BCUT2D eigenvalue weighted by Crippen LogP contribution is 2.36. The van der Waals surface area contributed by atoms with E-state index < -0.39 is 0 Å². The van der Waals surface area contributed by atoms with Gasteiger partial charge in [0.25, 0.3) is 0 Å². The number of alkyl halides is 1. The molecule has 0 saturated heterocycles. The molecule has 2 aromatic rings. The van der Waals surface area contributed by atoms with Gasteiger partial charge in [-0.2, -0.15) is 0 Å². The quantitative estimate of drug-likeness (QED) is 0.653. The monoisotopic (exact) mass is 350 g/mol. The van der Waals surface area contributed by atoms with E-state index in [2.05, 4.69) is 47.1 Å². The van der Waals surface area contributed by atoms with E-state index >= 15 is 0 Å². The van der Waals surface area contributed by atoms with Crippen LogP contribution in [-0.4, -0.2) is 6.61 Å². The smallest absolute Gasteiger partial charge is 0.122 e. The van der Waals surface area contributed by atoms with E-state index in [1.54, 1.807) is 0 Å². The highest BCUT2D eigenvalue weighted by Gasteiger charge is 2.16. The lowest BCUT2D eigenvalue weighted by Gasteiger charge is -2.20. The second-order valence-corrected chi connectivity index (χ2v) is 6.60. The highest BCUT2D eigenvalue weighted by molar-refractivity contribution is 9.09. The van der Waals surface area contributed by atoms with Crippen LogP contribution in [0, 0.1) is 6.92 Å². The van der Waals surface area contributed by atoms with Gasteiger partial charge in [0.2, 0.25) is 0 Å². The summed E-state index contributed by atoms with van der Waals surface area (Å²) in [5.41, 5.74) is 4.91. The second kappa shape index (κ2) is 5.79. The van der Waals surface area contributed by atoms with Crippen LogP contribution in [0.2, 0.25) is 5.02 Å². The van der Waals surface area contributed by atoms with Gasteiger partial charge in [0.15, 0.2) is 0 Å². The minimum atomic E-state index is 0.159. The van der Waals surface area contributed by atoms with E-state index in [1.165, 1.54) is 22.3 Å². The molecule has 0 amide bonds. The third-order valence-corrected chi connectivity index (χ3v) is 4.86. The molecule has 0 bridgehead atoms. The van der Waals surface area contributed by atoms with Crippen LogP contribution < -0.4 is 4.74 Å². The number of rotatable bonds is 2. The van der Waals surface area contributed by atoms with Crippen molar-refractivity contribution in [3.8, 4) is 5.75 Å². The standard InChI is InChI=1S/C17H16BrClO/c1-11-7-14(10-15(19)8-11)17(18)13-4-5-16-12(9-13)3-2-6-20-16/h4-5,7-10,17H,2-3,6H2,1H3. The summed E-state index contributed by atoms with van der Waals surface area (Å²) >= 11 is 9.95. The van der Waals surface area contributed by atoms with Crippen molar-refractivity contribution < 1.29 is 4.74 Å². The SMILES string of the molecule is Cc1cc(Cl)cc(C(Br)c2ccc3c(c2)CCCO3)c1. The molecule has 1 atom stereocenters. The zero-order valence-electron chi connectivity index (χ0n) is 11.3. The van der Waals surface area contributed by atoms with Crippen molar-refractivity contribution >= 4 is 27.5 Å². The zero-order chi connectivity index (χ0) is 14.1. The molecule has 0 aliphatic carbocycles. The molecule has 1 aliphatic heterocycles. The molecule has 104 valence electrons. The molecule has 0 aromatic heterocycles. The third kappa shape index (κ3) is 2.87. The van der Waals surface area contributed by atoms with Crippen molar-refractivity contribution in [2.24, 2.45) is 0 Å². The fourth-order valence-electron chi connectivity index (χ4n) is 2.64. The van der Waals surface area contributed by atoms with Crippen molar-refractivity contribution in [2.45, 2.75) is 24.6 Å². The Morgan fingerprint density at radius 1 is 1.15 bits per heavy atom. The first kappa shape index (κ1) is 14.0. The van der Waals surface area contributed by atoms with Crippen LogP contribution >= 0.6 is 27.5 Å². The maximum absolute atomic E-state index is 6.16. The first-order valence-electron chi connectivity index (χ1n) is 6.80. The Labute approximate surface area is 133 Å². The molecule has 0 N–H and O–H groups in total. The molecular weight excluding hydrogens is 336 g/mol. The number of ether oxygens (including phenoxy) is 1. The van der Waals surface area contributed by atoms with Crippen molar-refractivity contribution in [1.82, 2.24) is 0 Å². The summed E-state index contributed by atoms with van der Waals surface area (Å²) in [7, 11) is 0. The molecule has 0 radical (unpaired) electrons. The van der Waals surface area contributed by atoms with Crippen LogP contribution in [0.4, 0.5) is 0 Å². The summed E-state index contributed by atoms with van der Waals surface area (Å²) in [5.74, 6) is 1.03. The lowest BCUT2D eigenvalue weighted by atomic mass is 9.98. The molecule has 1 unspecified atom stereocenters. The summed E-state index contributed by atoms with van der Waals surface area (Å²) in [6, 6.07) is 12.6. The molecule has 3 rings (SSSR count). The van der Waals surface area contributed by atoms with Gasteiger partial charge in [-0.05, 0) is 60.2 Å². The summed E-state index contributed by atoms with van der Waals surface area (Å²) in [6.07, 6.45) is 2.19. The summed E-state index contributed by atoms with van der Waals surface area (Å²) in [4.78, 5) is 0.159. The Hall–Kier alpha value is -0.990. The van der Waals surface area contributed by atoms with E-state index in [-0.39, 0.29) is 4.83 Å². The molecular formula is C17H16BrClO. The van der Waals surface area contributed by atoms with Gasteiger partial charge in [-0.15, -0.1) is 0 Å². The number of hydrogen-bond donors (Lipinski definition) is 0. The number of halogens is 2. The van der Waals surface area contributed by atoms with Crippen LogP contribution in [0.1, 0.15) is 33.5 Å². The van der Waals surface area contributed by atoms with E-state index in [4.69, 9.17) is 16.3 Å². The maximum Gasteiger partial charge on any atom is 0.122 e. The molecule has 1 aliphatic rings. The molecule has 1 heterocycles. The van der Waals surface area contributed by atoms with Gasteiger partial charge in [-0.3, -0.25) is 0 Å². The molecule has 3 heteroatoms. The van der Waals surface area contributed by atoms with E-state index in [9.17, 15) is 0 Å². The number of hydrogen-bond acceptors (Lipinski definition) is 1. The minimum absolute atomic E-state index is 0.159. The molecule has 0 fully saturated rings. The lowest BCUT2D eigenvalue weighted by molar-refractivity contribution is 0.288. The molecule has 0 saturated carbocycles. The summed E-state index contributed by atoms with van der Waals surface area (Å²) in [5, 5.41) is 0.783. The van der Waals surface area contributed by atoms with Crippen LogP contribution in [0.5, 0.6) is 5.75 Å². The van der Waals surface area contributed by atoms with Crippen molar-refractivity contribution in [2.75, 3.05) is 6.61 Å². The molecule has 2 aromatic carbocycles. The van der Waals surface area contributed by atoms with Gasteiger partial charge in [0, 0.05) is 5.02 Å². The topological polar surface area (TPSA) is 9.23 Å². The van der Waals surface area contributed by atoms with Crippen LogP contribution in [0.3, 0.4) is 0 Å². The van der Waals surface area contributed by atoms with Crippen molar-refractivity contribution in [3.63, 3.8) is 0 Å². The normalized spacial score (nSPS) is 15.3. The third-order valence-electron chi connectivity index (χ3n) is 3.58. The van der Waals surface area contributed by atoms with Gasteiger partial charge in [0.05, 0.1) is 11.4 Å². The van der Waals surface area contributed by atoms with Gasteiger partial charge in [0.1, 0.15) is 5.75 Å². The number of fused-ring (bicyclic) bond motifs is 1. The minimum Gasteiger partial charge on any atom is -0.493 e. The fourth-order valence-corrected chi connectivity index (χ4v) is 3.49. The number of benzene rings is 2. The largest absolute Gasteiger partial charge is 0.493 e. The highest BCUT2D eigenvalue weighted by atomic mass is 79.9. The number of aryl methyl sites for hydroxylation is 2.